The van der Waals surface area contributed by atoms with E-state index in [2.05, 4.69) is 47.7 Å². The van der Waals surface area contributed by atoms with Crippen molar-refractivity contribution in [2.75, 3.05) is 26.4 Å². The summed E-state index contributed by atoms with van der Waals surface area (Å²) in [7, 11) is 0. The SMILES string of the molecule is CCNC(=NCc1ccc(C)cc1OCCOCC)NCc1sc(C)nc1C. The summed E-state index contributed by atoms with van der Waals surface area (Å²) in [4.78, 5) is 10.5. The van der Waals surface area contributed by atoms with Gasteiger partial charge in [-0.15, -0.1) is 11.3 Å². The smallest absolute Gasteiger partial charge is 0.191 e. The molecule has 1 aromatic heterocycles. The lowest BCUT2D eigenvalue weighted by molar-refractivity contribution is 0.110. The number of aliphatic imine (C=N–C) groups is 1. The third-order valence-corrected chi connectivity index (χ3v) is 5.15. The van der Waals surface area contributed by atoms with E-state index in [-0.39, 0.29) is 0 Å². The van der Waals surface area contributed by atoms with Gasteiger partial charge in [-0.2, -0.15) is 0 Å². The second-order valence-corrected chi connectivity index (χ2v) is 7.73. The average Bonchev–Trinajstić information content (AvgIpc) is 2.99. The molecule has 0 fully saturated rings. The van der Waals surface area contributed by atoms with Crippen molar-refractivity contribution in [1.29, 1.82) is 0 Å². The fraction of sp³-hybridized carbons (Fsp3) is 0.524. The van der Waals surface area contributed by atoms with E-state index < -0.39 is 0 Å². The molecule has 0 aliphatic rings. The Hall–Kier alpha value is -2.12. The third-order valence-electron chi connectivity index (χ3n) is 4.08. The quantitative estimate of drug-likeness (QED) is 0.359. The molecule has 2 aromatic rings. The molecule has 6 nitrogen and oxygen atoms in total. The molecule has 0 atom stereocenters. The first kappa shape index (κ1) is 22.2. The molecule has 0 spiro atoms. The van der Waals surface area contributed by atoms with Gasteiger partial charge >= 0.3 is 0 Å². The molecule has 0 unspecified atom stereocenters. The van der Waals surface area contributed by atoms with Crippen LogP contribution in [0.5, 0.6) is 5.75 Å². The lowest BCUT2D eigenvalue weighted by Gasteiger charge is -2.13. The molecule has 7 heteroatoms. The summed E-state index contributed by atoms with van der Waals surface area (Å²) in [5, 5.41) is 7.79. The maximum Gasteiger partial charge on any atom is 0.191 e. The highest BCUT2D eigenvalue weighted by Gasteiger charge is 2.08. The van der Waals surface area contributed by atoms with Crippen molar-refractivity contribution in [1.82, 2.24) is 15.6 Å². The number of nitrogens with zero attached hydrogens (tertiary/aromatic N) is 2. The summed E-state index contributed by atoms with van der Waals surface area (Å²) in [5.74, 6) is 1.65. The van der Waals surface area contributed by atoms with Crippen LogP contribution in [0.3, 0.4) is 0 Å². The van der Waals surface area contributed by atoms with Crippen molar-refractivity contribution in [3.8, 4) is 5.75 Å². The predicted molar refractivity (Wildman–Crippen MR) is 116 cm³/mol. The van der Waals surface area contributed by atoms with Gasteiger partial charge in [-0.05, 0) is 46.2 Å². The Kier molecular flexibility index (Phi) is 9.23. The van der Waals surface area contributed by atoms with Crippen LogP contribution in [0.15, 0.2) is 23.2 Å². The molecule has 0 saturated carbocycles. The summed E-state index contributed by atoms with van der Waals surface area (Å²) >= 11 is 1.72. The van der Waals surface area contributed by atoms with E-state index in [4.69, 9.17) is 14.5 Å². The lowest BCUT2D eigenvalue weighted by Crippen LogP contribution is -2.36. The Labute approximate surface area is 172 Å². The molecule has 0 aliphatic carbocycles. The second-order valence-electron chi connectivity index (χ2n) is 6.45. The zero-order chi connectivity index (χ0) is 20.4. The van der Waals surface area contributed by atoms with E-state index in [1.54, 1.807) is 11.3 Å². The molecule has 2 N–H and O–H groups in total. The Morgan fingerprint density at radius 1 is 1.14 bits per heavy atom. The zero-order valence-corrected chi connectivity index (χ0v) is 18.4. The average molecular weight is 405 g/mol. The van der Waals surface area contributed by atoms with Gasteiger partial charge in [0.2, 0.25) is 0 Å². The van der Waals surface area contributed by atoms with Gasteiger partial charge in [-0.25, -0.2) is 9.98 Å². The molecule has 0 radical (unpaired) electrons. The summed E-state index contributed by atoms with van der Waals surface area (Å²) < 4.78 is 11.3. The number of hydrogen-bond donors (Lipinski definition) is 2. The van der Waals surface area contributed by atoms with Crippen LogP contribution in [-0.4, -0.2) is 37.3 Å². The van der Waals surface area contributed by atoms with Gasteiger partial charge in [-0.3, -0.25) is 0 Å². The van der Waals surface area contributed by atoms with E-state index in [1.807, 2.05) is 20.8 Å². The summed E-state index contributed by atoms with van der Waals surface area (Å²) in [5.41, 5.74) is 3.30. The van der Waals surface area contributed by atoms with Gasteiger partial charge in [0.15, 0.2) is 5.96 Å². The van der Waals surface area contributed by atoms with Crippen LogP contribution >= 0.6 is 11.3 Å². The highest BCUT2D eigenvalue weighted by atomic mass is 32.1. The minimum atomic E-state index is 0.538. The van der Waals surface area contributed by atoms with Crippen LogP contribution in [0.1, 0.15) is 40.6 Å². The van der Waals surface area contributed by atoms with Gasteiger partial charge in [0.1, 0.15) is 12.4 Å². The molecule has 0 amide bonds. The number of benzene rings is 1. The van der Waals surface area contributed by atoms with Crippen molar-refractivity contribution < 1.29 is 9.47 Å². The molecular weight excluding hydrogens is 372 g/mol. The number of hydrogen-bond acceptors (Lipinski definition) is 5. The van der Waals surface area contributed by atoms with Crippen LogP contribution in [0.4, 0.5) is 0 Å². The molecule has 0 saturated heterocycles. The molecule has 1 aromatic carbocycles. The standard InChI is InChI=1S/C21H32N4O2S/c1-6-22-21(24-14-20-16(4)25-17(5)28-20)23-13-18-9-8-15(3)12-19(18)27-11-10-26-7-2/h8-9,12H,6-7,10-11,13-14H2,1-5H3,(H2,22,23,24). The van der Waals surface area contributed by atoms with Gasteiger partial charge < -0.3 is 20.1 Å². The number of aromatic nitrogens is 1. The monoisotopic (exact) mass is 404 g/mol. The lowest BCUT2D eigenvalue weighted by atomic mass is 10.1. The minimum absolute atomic E-state index is 0.538. The number of ether oxygens (including phenoxy) is 2. The van der Waals surface area contributed by atoms with Gasteiger partial charge in [0, 0.05) is 23.6 Å². The first-order valence-electron chi connectivity index (χ1n) is 9.78. The number of nitrogens with one attached hydrogen (secondary N) is 2. The summed E-state index contributed by atoms with van der Waals surface area (Å²) in [6.45, 7) is 14.1. The molecule has 2 rings (SSSR count). The molecule has 0 bridgehead atoms. The van der Waals surface area contributed by atoms with Crippen molar-refractivity contribution in [2.45, 2.75) is 47.7 Å². The van der Waals surface area contributed by atoms with E-state index in [9.17, 15) is 0 Å². The fourth-order valence-electron chi connectivity index (χ4n) is 2.69. The zero-order valence-electron chi connectivity index (χ0n) is 17.6. The van der Waals surface area contributed by atoms with Crippen LogP contribution < -0.4 is 15.4 Å². The molecule has 154 valence electrons. The van der Waals surface area contributed by atoms with Crippen molar-refractivity contribution in [2.24, 2.45) is 4.99 Å². The minimum Gasteiger partial charge on any atom is -0.491 e. The Morgan fingerprint density at radius 3 is 2.64 bits per heavy atom. The van der Waals surface area contributed by atoms with Gasteiger partial charge in [0.05, 0.1) is 30.4 Å². The predicted octanol–water partition coefficient (Wildman–Crippen LogP) is 3.74. The van der Waals surface area contributed by atoms with E-state index in [1.165, 1.54) is 10.4 Å². The number of thiazole rings is 1. The van der Waals surface area contributed by atoms with E-state index >= 15 is 0 Å². The number of rotatable bonds is 10. The Bertz CT molecular complexity index is 774. The summed E-state index contributed by atoms with van der Waals surface area (Å²) in [6, 6.07) is 6.22. The topological polar surface area (TPSA) is 67.8 Å². The van der Waals surface area contributed by atoms with Crippen molar-refractivity contribution >= 4 is 17.3 Å². The van der Waals surface area contributed by atoms with Gasteiger partial charge in [0.25, 0.3) is 0 Å². The molecule has 1 heterocycles. The van der Waals surface area contributed by atoms with E-state index in [0.29, 0.717) is 26.4 Å². The molecular formula is C21H32N4O2S. The maximum absolute atomic E-state index is 5.92. The van der Waals surface area contributed by atoms with E-state index in [0.717, 1.165) is 41.1 Å². The maximum atomic E-state index is 5.92. The highest BCUT2D eigenvalue weighted by Crippen LogP contribution is 2.21. The van der Waals surface area contributed by atoms with Crippen molar-refractivity contribution in [3.05, 3.63) is 44.9 Å². The first-order valence-corrected chi connectivity index (χ1v) is 10.6. The van der Waals surface area contributed by atoms with Crippen LogP contribution in [-0.2, 0) is 17.8 Å². The van der Waals surface area contributed by atoms with Crippen LogP contribution in [0.25, 0.3) is 0 Å². The molecule has 0 aliphatic heterocycles. The number of guanidine groups is 1. The fourth-order valence-corrected chi connectivity index (χ4v) is 3.57. The first-order chi connectivity index (χ1) is 13.5. The Balaban J connectivity index is 2.03. The van der Waals surface area contributed by atoms with Crippen LogP contribution in [0, 0.1) is 20.8 Å². The largest absolute Gasteiger partial charge is 0.491 e. The van der Waals surface area contributed by atoms with Gasteiger partial charge in [-0.1, -0.05) is 12.1 Å². The van der Waals surface area contributed by atoms with Crippen molar-refractivity contribution in [3.63, 3.8) is 0 Å². The second kappa shape index (κ2) is 11.7. The third kappa shape index (κ3) is 7.13. The normalized spacial score (nSPS) is 11.5. The Morgan fingerprint density at radius 2 is 1.96 bits per heavy atom. The van der Waals surface area contributed by atoms with Crippen LogP contribution in [0.2, 0.25) is 0 Å². The number of aryl methyl sites for hydroxylation is 3. The highest BCUT2D eigenvalue weighted by molar-refractivity contribution is 7.11. The molecule has 28 heavy (non-hydrogen) atoms. The summed E-state index contributed by atoms with van der Waals surface area (Å²) in [6.07, 6.45) is 0.